The summed E-state index contributed by atoms with van der Waals surface area (Å²) in [6.45, 7) is 5.17. The Morgan fingerprint density at radius 1 is 1.17 bits per heavy atom. The molecule has 0 bridgehead atoms. The topological polar surface area (TPSA) is 81.4 Å². The van der Waals surface area contributed by atoms with Crippen LogP contribution in [-0.4, -0.2) is 24.0 Å². The number of ether oxygens (including phenoxy) is 1. The molecule has 0 aliphatic heterocycles. The fourth-order valence-corrected chi connectivity index (χ4v) is 1.23. The molecule has 98 valence electrons. The van der Waals surface area contributed by atoms with Crippen molar-refractivity contribution in [2.75, 3.05) is 5.32 Å². The summed E-state index contributed by atoms with van der Waals surface area (Å²) in [6, 6.07) is 5.90. The zero-order valence-electron chi connectivity index (χ0n) is 10.8. The SMILES string of the molecule is CC(C)OC(=O)c1ccc(NC(=O)[C@H](C)N)cc1. The predicted molar refractivity (Wildman–Crippen MR) is 69.3 cm³/mol. The van der Waals surface area contributed by atoms with E-state index in [1.807, 2.05) is 0 Å². The largest absolute Gasteiger partial charge is 0.459 e. The highest BCUT2D eigenvalue weighted by molar-refractivity contribution is 5.95. The van der Waals surface area contributed by atoms with Crippen LogP contribution >= 0.6 is 0 Å². The van der Waals surface area contributed by atoms with Crippen LogP contribution in [0.4, 0.5) is 5.69 Å². The number of hydrogen-bond acceptors (Lipinski definition) is 4. The third-order valence-corrected chi connectivity index (χ3v) is 2.14. The average molecular weight is 250 g/mol. The minimum absolute atomic E-state index is 0.157. The van der Waals surface area contributed by atoms with Crippen molar-refractivity contribution >= 4 is 17.6 Å². The van der Waals surface area contributed by atoms with E-state index in [2.05, 4.69) is 5.32 Å². The van der Waals surface area contributed by atoms with Gasteiger partial charge in [0.25, 0.3) is 0 Å². The Labute approximate surface area is 106 Å². The number of nitrogens with two attached hydrogens (primary N) is 1. The van der Waals surface area contributed by atoms with Gasteiger partial charge in [0.1, 0.15) is 0 Å². The predicted octanol–water partition coefficient (Wildman–Crippen LogP) is 1.54. The summed E-state index contributed by atoms with van der Waals surface area (Å²) in [4.78, 5) is 22.9. The molecule has 0 saturated carbocycles. The molecule has 1 atom stereocenters. The minimum Gasteiger partial charge on any atom is -0.459 e. The third-order valence-electron chi connectivity index (χ3n) is 2.14. The number of hydrogen-bond donors (Lipinski definition) is 2. The summed E-state index contributed by atoms with van der Waals surface area (Å²) in [5.41, 5.74) is 6.47. The second-order valence-electron chi connectivity index (χ2n) is 4.31. The molecule has 0 aromatic heterocycles. The van der Waals surface area contributed by atoms with Gasteiger partial charge in [-0.15, -0.1) is 0 Å². The molecule has 0 fully saturated rings. The molecule has 0 heterocycles. The molecule has 5 heteroatoms. The van der Waals surface area contributed by atoms with Crippen molar-refractivity contribution in [2.45, 2.75) is 32.9 Å². The van der Waals surface area contributed by atoms with Crippen LogP contribution < -0.4 is 11.1 Å². The number of amides is 1. The average Bonchev–Trinajstić information content (AvgIpc) is 2.28. The van der Waals surface area contributed by atoms with Crippen molar-refractivity contribution in [2.24, 2.45) is 5.73 Å². The first-order chi connectivity index (χ1) is 8.40. The van der Waals surface area contributed by atoms with Gasteiger partial charge in [-0.25, -0.2) is 4.79 Å². The molecule has 1 aromatic rings. The molecule has 5 nitrogen and oxygen atoms in total. The molecule has 1 amide bonds. The molecule has 1 rings (SSSR count). The molecule has 18 heavy (non-hydrogen) atoms. The molecule has 0 aliphatic rings. The number of esters is 1. The first-order valence-corrected chi connectivity index (χ1v) is 5.77. The van der Waals surface area contributed by atoms with Crippen LogP contribution in [0.3, 0.4) is 0 Å². The maximum Gasteiger partial charge on any atom is 0.338 e. The zero-order valence-corrected chi connectivity index (χ0v) is 10.8. The van der Waals surface area contributed by atoms with Crippen molar-refractivity contribution in [3.63, 3.8) is 0 Å². The summed E-state index contributed by atoms with van der Waals surface area (Å²) >= 11 is 0. The van der Waals surface area contributed by atoms with Crippen molar-refractivity contribution in [3.05, 3.63) is 29.8 Å². The van der Waals surface area contributed by atoms with Gasteiger partial charge < -0.3 is 15.8 Å². The van der Waals surface area contributed by atoms with E-state index in [1.54, 1.807) is 45.0 Å². The number of nitrogens with one attached hydrogen (secondary N) is 1. The monoisotopic (exact) mass is 250 g/mol. The van der Waals surface area contributed by atoms with E-state index in [-0.39, 0.29) is 18.0 Å². The molecule has 0 aliphatic carbocycles. The highest BCUT2D eigenvalue weighted by Crippen LogP contribution is 2.11. The number of benzene rings is 1. The lowest BCUT2D eigenvalue weighted by Gasteiger charge is -2.10. The van der Waals surface area contributed by atoms with Gasteiger partial charge in [-0.05, 0) is 45.0 Å². The zero-order chi connectivity index (χ0) is 13.7. The molecule has 0 unspecified atom stereocenters. The first kappa shape index (κ1) is 14.2. The summed E-state index contributed by atoms with van der Waals surface area (Å²) in [6.07, 6.45) is -0.157. The summed E-state index contributed by atoms with van der Waals surface area (Å²) in [7, 11) is 0. The molecule has 3 N–H and O–H groups in total. The van der Waals surface area contributed by atoms with Crippen LogP contribution in [0, 0.1) is 0 Å². The van der Waals surface area contributed by atoms with Gasteiger partial charge in [-0.2, -0.15) is 0 Å². The van der Waals surface area contributed by atoms with E-state index in [4.69, 9.17) is 10.5 Å². The van der Waals surface area contributed by atoms with Crippen LogP contribution in [-0.2, 0) is 9.53 Å². The van der Waals surface area contributed by atoms with Crippen LogP contribution in [0.25, 0.3) is 0 Å². The molecule has 0 spiro atoms. The molecular weight excluding hydrogens is 232 g/mol. The third kappa shape index (κ3) is 4.18. The Hall–Kier alpha value is -1.88. The van der Waals surface area contributed by atoms with Crippen LogP contribution in [0.5, 0.6) is 0 Å². The first-order valence-electron chi connectivity index (χ1n) is 5.77. The second kappa shape index (κ2) is 6.16. The Kier molecular flexibility index (Phi) is 4.85. The van der Waals surface area contributed by atoms with Crippen molar-refractivity contribution < 1.29 is 14.3 Å². The molecular formula is C13H18N2O3. The maximum absolute atomic E-state index is 11.6. The number of carbonyl (C=O) groups is 2. The van der Waals surface area contributed by atoms with E-state index in [1.165, 1.54) is 0 Å². The van der Waals surface area contributed by atoms with Gasteiger partial charge in [0.2, 0.25) is 5.91 Å². The van der Waals surface area contributed by atoms with E-state index in [0.29, 0.717) is 11.3 Å². The van der Waals surface area contributed by atoms with Crippen molar-refractivity contribution in [1.29, 1.82) is 0 Å². The Balaban J connectivity index is 2.68. The molecule has 0 saturated heterocycles. The van der Waals surface area contributed by atoms with Gasteiger partial charge in [-0.1, -0.05) is 0 Å². The number of anilines is 1. The quantitative estimate of drug-likeness (QED) is 0.794. The lowest BCUT2D eigenvalue weighted by molar-refractivity contribution is -0.117. The van der Waals surface area contributed by atoms with Gasteiger partial charge in [-0.3, -0.25) is 4.79 Å². The van der Waals surface area contributed by atoms with Gasteiger partial charge in [0.15, 0.2) is 0 Å². The maximum atomic E-state index is 11.6. The highest BCUT2D eigenvalue weighted by atomic mass is 16.5. The van der Waals surface area contributed by atoms with Gasteiger partial charge >= 0.3 is 5.97 Å². The van der Waals surface area contributed by atoms with E-state index < -0.39 is 6.04 Å². The van der Waals surface area contributed by atoms with Crippen molar-refractivity contribution in [1.82, 2.24) is 0 Å². The van der Waals surface area contributed by atoms with Crippen LogP contribution in [0.15, 0.2) is 24.3 Å². The summed E-state index contributed by atoms with van der Waals surface area (Å²) in [5.74, 6) is -0.650. The number of carbonyl (C=O) groups excluding carboxylic acids is 2. The molecule has 1 aromatic carbocycles. The Morgan fingerprint density at radius 2 is 1.72 bits per heavy atom. The van der Waals surface area contributed by atoms with E-state index in [9.17, 15) is 9.59 Å². The Bertz CT molecular complexity index is 424. The smallest absolute Gasteiger partial charge is 0.338 e. The fraction of sp³-hybridized carbons (Fsp3) is 0.385. The normalized spacial score (nSPS) is 12.1. The summed E-state index contributed by atoms with van der Waals surface area (Å²) in [5, 5.41) is 2.63. The van der Waals surface area contributed by atoms with Crippen LogP contribution in [0.1, 0.15) is 31.1 Å². The van der Waals surface area contributed by atoms with E-state index >= 15 is 0 Å². The number of rotatable bonds is 4. The van der Waals surface area contributed by atoms with Gasteiger partial charge in [0, 0.05) is 5.69 Å². The second-order valence-corrected chi connectivity index (χ2v) is 4.31. The molecule has 0 radical (unpaired) electrons. The van der Waals surface area contributed by atoms with Crippen LogP contribution in [0.2, 0.25) is 0 Å². The lowest BCUT2D eigenvalue weighted by Crippen LogP contribution is -2.32. The summed E-state index contributed by atoms with van der Waals surface area (Å²) < 4.78 is 5.05. The van der Waals surface area contributed by atoms with E-state index in [0.717, 1.165) is 0 Å². The van der Waals surface area contributed by atoms with Crippen molar-refractivity contribution in [3.8, 4) is 0 Å². The lowest BCUT2D eigenvalue weighted by atomic mass is 10.2. The minimum atomic E-state index is -0.574. The Morgan fingerprint density at radius 3 is 2.17 bits per heavy atom. The van der Waals surface area contributed by atoms with Gasteiger partial charge in [0.05, 0.1) is 17.7 Å². The highest BCUT2D eigenvalue weighted by Gasteiger charge is 2.10. The fourth-order valence-electron chi connectivity index (χ4n) is 1.23. The standard InChI is InChI=1S/C13H18N2O3/c1-8(2)18-13(17)10-4-6-11(7-5-10)15-12(16)9(3)14/h4-9H,14H2,1-3H3,(H,15,16)/t9-/m0/s1.